The quantitative estimate of drug-likeness (QED) is 0.829. The summed E-state index contributed by atoms with van der Waals surface area (Å²) in [6.45, 7) is 6.27. The second-order valence-corrected chi connectivity index (χ2v) is 7.70. The third-order valence-corrected chi connectivity index (χ3v) is 6.17. The maximum Gasteiger partial charge on any atom is 0.118 e. The van der Waals surface area contributed by atoms with Crippen molar-refractivity contribution in [3.05, 3.63) is 47.8 Å². The zero-order valence-electron chi connectivity index (χ0n) is 14.8. The second kappa shape index (κ2) is 6.41. The van der Waals surface area contributed by atoms with Gasteiger partial charge in [0.1, 0.15) is 17.3 Å². The highest BCUT2D eigenvalue weighted by atomic mass is 16.3. The largest absolute Gasteiger partial charge is 0.468 e. The number of likely N-dealkylation sites (tertiary alicyclic amines) is 1. The van der Waals surface area contributed by atoms with E-state index in [0.717, 1.165) is 30.4 Å². The molecule has 1 saturated carbocycles. The number of rotatable bonds is 5. The monoisotopic (exact) mass is 328 g/mol. The predicted octanol–water partition coefficient (Wildman–Crippen LogP) is 4.06. The third kappa shape index (κ3) is 3.05. The fraction of sp³-hybridized carbons (Fsp3) is 0.600. The van der Waals surface area contributed by atoms with Gasteiger partial charge < -0.3 is 8.83 Å². The maximum atomic E-state index is 5.74. The zero-order valence-corrected chi connectivity index (χ0v) is 14.8. The molecule has 1 saturated heterocycles. The first-order valence-corrected chi connectivity index (χ1v) is 9.15. The number of furan rings is 2. The van der Waals surface area contributed by atoms with Crippen molar-refractivity contribution >= 4 is 0 Å². The molecule has 1 atom stereocenters. The molecule has 3 heterocycles. The lowest BCUT2D eigenvalue weighted by atomic mass is 9.59. The van der Waals surface area contributed by atoms with E-state index in [1.54, 1.807) is 6.26 Å². The van der Waals surface area contributed by atoms with E-state index in [9.17, 15) is 0 Å². The molecule has 2 aromatic rings. The standard InChI is InChI=1S/C20H28N2O2/c1-16-5-6-18(24-16)15-22-11-9-20(10-12-22)8-7-19(20)21(2)14-17-4-3-13-23-17/h3-6,13,19H,7-12,14-15H2,1-2H3/t19-/m0/s1. The lowest BCUT2D eigenvalue weighted by Crippen LogP contribution is -2.57. The van der Waals surface area contributed by atoms with Crippen molar-refractivity contribution < 1.29 is 8.83 Å². The Bertz CT molecular complexity index is 653. The Kier molecular flexibility index (Phi) is 4.27. The molecule has 2 fully saturated rings. The van der Waals surface area contributed by atoms with E-state index in [2.05, 4.69) is 35.0 Å². The van der Waals surface area contributed by atoms with Crippen molar-refractivity contribution in [3.63, 3.8) is 0 Å². The molecular weight excluding hydrogens is 300 g/mol. The second-order valence-electron chi connectivity index (χ2n) is 7.70. The first-order chi connectivity index (χ1) is 11.6. The van der Waals surface area contributed by atoms with E-state index in [4.69, 9.17) is 8.83 Å². The van der Waals surface area contributed by atoms with Gasteiger partial charge in [-0.05, 0) is 82.4 Å². The molecule has 0 bridgehead atoms. The molecule has 1 aliphatic heterocycles. The lowest BCUT2D eigenvalue weighted by Gasteiger charge is -2.56. The Morgan fingerprint density at radius 1 is 1.17 bits per heavy atom. The van der Waals surface area contributed by atoms with E-state index in [0.29, 0.717) is 11.5 Å². The molecule has 4 rings (SSSR count). The highest BCUT2D eigenvalue weighted by Crippen LogP contribution is 2.51. The van der Waals surface area contributed by atoms with Crippen LogP contribution in [0.5, 0.6) is 0 Å². The average Bonchev–Trinajstić information content (AvgIpc) is 3.19. The van der Waals surface area contributed by atoms with Gasteiger partial charge in [0.2, 0.25) is 0 Å². The van der Waals surface area contributed by atoms with Gasteiger partial charge in [-0.1, -0.05) is 0 Å². The molecular formula is C20H28N2O2. The molecule has 0 N–H and O–H groups in total. The molecule has 2 aliphatic rings. The van der Waals surface area contributed by atoms with Gasteiger partial charge in [-0.25, -0.2) is 0 Å². The van der Waals surface area contributed by atoms with Crippen LogP contribution >= 0.6 is 0 Å². The Morgan fingerprint density at radius 3 is 2.58 bits per heavy atom. The van der Waals surface area contributed by atoms with Crippen LogP contribution in [-0.4, -0.2) is 36.0 Å². The fourth-order valence-corrected chi connectivity index (χ4v) is 4.66. The Morgan fingerprint density at radius 2 is 2.00 bits per heavy atom. The van der Waals surface area contributed by atoms with Crippen LogP contribution in [0.2, 0.25) is 0 Å². The van der Waals surface area contributed by atoms with E-state index in [1.807, 2.05) is 13.0 Å². The number of hydrogen-bond acceptors (Lipinski definition) is 4. The molecule has 0 radical (unpaired) electrons. The van der Waals surface area contributed by atoms with E-state index >= 15 is 0 Å². The summed E-state index contributed by atoms with van der Waals surface area (Å²) in [5, 5.41) is 0. The van der Waals surface area contributed by atoms with Gasteiger partial charge in [-0.2, -0.15) is 0 Å². The summed E-state index contributed by atoms with van der Waals surface area (Å²) in [6, 6.07) is 8.94. The number of aryl methyl sites for hydroxylation is 1. The van der Waals surface area contributed by atoms with Crippen LogP contribution in [0.3, 0.4) is 0 Å². The molecule has 1 spiro atoms. The van der Waals surface area contributed by atoms with E-state index < -0.39 is 0 Å². The van der Waals surface area contributed by atoms with Crippen LogP contribution in [0.1, 0.15) is 43.0 Å². The van der Waals surface area contributed by atoms with Gasteiger partial charge >= 0.3 is 0 Å². The summed E-state index contributed by atoms with van der Waals surface area (Å²) in [4.78, 5) is 5.05. The van der Waals surface area contributed by atoms with Crippen LogP contribution in [0.15, 0.2) is 39.4 Å². The SMILES string of the molecule is Cc1ccc(CN2CCC3(CC[C@@H]3N(C)Cc3ccco3)CC2)o1. The van der Waals surface area contributed by atoms with Crippen molar-refractivity contribution in [1.82, 2.24) is 9.80 Å². The summed E-state index contributed by atoms with van der Waals surface area (Å²) < 4.78 is 11.3. The highest BCUT2D eigenvalue weighted by Gasteiger charge is 2.49. The summed E-state index contributed by atoms with van der Waals surface area (Å²) >= 11 is 0. The van der Waals surface area contributed by atoms with Crippen LogP contribution < -0.4 is 0 Å². The molecule has 0 aromatic carbocycles. The van der Waals surface area contributed by atoms with Crippen molar-refractivity contribution in [2.75, 3.05) is 20.1 Å². The number of piperidine rings is 1. The first kappa shape index (κ1) is 16.0. The fourth-order valence-electron chi connectivity index (χ4n) is 4.66. The van der Waals surface area contributed by atoms with E-state index in [1.165, 1.54) is 38.8 Å². The van der Waals surface area contributed by atoms with Crippen LogP contribution in [0.25, 0.3) is 0 Å². The van der Waals surface area contributed by atoms with Crippen LogP contribution in [-0.2, 0) is 13.1 Å². The summed E-state index contributed by atoms with van der Waals surface area (Å²) in [5.41, 5.74) is 0.525. The smallest absolute Gasteiger partial charge is 0.118 e. The molecule has 24 heavy (non-hydrogen) atoms. The lowest BCUT2D eigenvalue weighted by molar-refractivity contribution is -0.0655. The Labute approximate surface area is 144 Å². The molecule has 0 amide bonds. The van der Waals surface area contributed by atoms with Crippen LogP contribution in [0.4, 0.5) is 0 Å². The van der Waals surface area contributed by atoms with Gasteiger partial charge in [-0.15, -0.1) is 0 Å². The number of hydrogen-bond donors (Lipinski definition) is 0. The zero-order chi connectivity index (χ0) is 16.6. The van der Waals surface area contributed by atoms with Gasteiger partial charge in [0.25, 0.3) is 0 Å². The first-order valence-electron chi connectivity index (χ1n) is 9.15. The predicted molar refractivity (Wildman–Crippen MR) is 93.6 cm³/mol. The third-order valence-electron chi connectivity index (χ3n) is 6.17. The molecule has 4 nitrogen and oxygen atoms in total. The average molecular weight is 328 g/mol. The topological polar surface area (TPSA) is 32.8 Å². The summed E-state index contributed by atoms with van der Waals surface area (Å²) in [7, 11) is 2.26. The van der Waals surface area contributed by atoms with Gasteiger partial charge in [0.05, 0.1) is 19.4 Å². The van der Waals surface area contributed by atoms with Gasteiger partial charge in [-0.3, -0.25) is 9.80 Å². The molecule has 0 unspecified atom stereocenters. The minimum Gasteiger partial charge on any atom is -0.468 e. The Balaban J connectivity index is 1.32. The summed E-state index contributed by atoms with van der Waals surface area (Å²) in [5.74, 6) is 3.19. The minimum atomic E-state index is 0.525. The van der Waals surface area contributed by atoms with Crippen molar-refractivity contribution in [2.45, 2.75) is 51.7 Å². The maximum absolute atomic E-state index is 5.74. The van der Waals surface area contributed by atoms with Crippen molar-refractivity contribution in [1.29, 1.82) is 0 Å². The molecule has 4 heteroatoms. The minimum absolute atomic E-state index is 0.525. The van der Waals surface area contributed by atoms with Gasteiger partial charge in [0.15, 0.2) is 0 Å². The molecule has 2 aromatic heterocycles. The molecule has 1 aliphatic carbocycles. The van der Waals surface area contributed by atoms with Crippen LogP contribution in [0, 0.1) is 12.3 Å². The Hall–Kier alpha value is -1.52. The number of nitrogens with zero attached hydrogens (tertiary/aromatic N) is 2. The normalized spacial score (nSPS) is 23.7. The molecule has 130 valence electrons. The van der Waals surface area contributed by atoms with Crippen molar-refractivity contribution in [3.8, 4) is 0 Å². The summed E-state index contributed by atoms with van der Waals surface area (Å²) in [6.07, 6.45) is 7.09. The van der Waals surface area contributed by atoms with E-state index in [-0.39, 0.29) is 0 Å². The van der Waals surface area contributed by atoms with Gasteiger partial charge in [0, 0.05) is 6.04 Å². The van der Waals surface area contributed by atoms with Crippen molar-refractivity contribution in [2.24, 2.45) is 5.41 Å². The highest BCUT2D eigenvalue weighted by molar-refractivity contribution is 5.08.